The van der Waals surface area contributed by atoms with Crippen molar-refractivity contribution in [1.82, 2.24) is 9.97 Å². The molecule has 0 aliphatic heterocycles. The van der Waals surface area contributed by atoms with Gasteiger partial charge in [-0.1, -0.05) is 113 Å². The molecule has 0 spiro atoms. The third-order valence-corrected chi connectivity index (χ3v) is 8.46. The molecule has 2 heterocycles. The van der Waals surface area contributed by atoms with Crippen LogP contribution in [0.3, 0.4) is 0 Å². The summed E-state index contributed by atoms with van der Waals surface area (Å²) in [4.78, 5) is 13.0. The molecule has 51 heavy (non-hydrogen) atoms. The monoisotopic (exact) mass is 772 g/mol. The van der Waals surface area contributed by atoms with Crippen LogP contribution in [0.4, 0.5) is 37.3 Å². The molecular formula is C43H40F2N4OPd. The molecule has 0 amide bonds. The number of nitrogens with zero attached hydrogens (tertiary/aromatic N) is 4. The van der Waals surface area contributed by atoms with Gasteiger partial charge in [-0.15, -0.1) is 18.2 Å². The number of rotatable bonds is 8. The molecule has 0 aliphatic carbocycles. The summed E-state index contributed by atoms with van der Waals surface area (Å²) in [7, 11) is 1.90. The summed E-state index contributed by atoms with van der Waals surface area (Å²) in [6, 6.07) is 38.4. The van der Waals surface area contributed by atoms with Crippen molar-refractivity contribution in [2.45, 2.75) is 52.4 Å². The summed E-state index contributed by atoms with van der Waals surface area (Å²) in [5.74, 6) is -1.04. The van der Waals surface area contributed by atoms with E-state index in [-0.39, 0.29) is 48.3 Å². The SMILES string of the molecule is CN(c1[c-]c(Oc2[c-]c(-c3cc(C(C)(C)C)ccn3)c(F)cc2F)cc(N(c2ccccc2)c2ccccc2)c1)c1cc(C(C)(C)C)ccn1.[Pd+2]. The van der Waals surface area contributed by atoms with Gasteiger partial charge in [0.05, 0.1) is 11.6 Å². The number of para-hydroxylation sites is 2. The van der Waals surface area contributed by atoms with Gasteiger partial charge in [-0.2, -0.15) is 0 Å². The van der Waals surface area contributed by atoms with Crippen LogP contribution in [0.25, 0.3) is 11.3 Å². The van der Waals surface area contributed by atoms with E-state index in [1.807, 2.05) is 96.9 Å². The van der Waals surface area contributed by atoms with Gasteiger partial charge in [-0.25, -0.2) is 4.98 Å². The van der Waals surface area contributed by atoms with Gasteiger partial charge >= 0.3 is 20.4 Å². The fraction of sp³-hybridized carbons (Fsp3) is 0.209. The van der Waals surface area contributed by atoms with Gasteiger partial charge in [0.15, 0.2) is 0 Å². The van der Waals surface area contributed by atoms with Crippen LogP contribution >= 0.6 is 0 Å². The topological polar surface area (TPSA) is 41.5 Å². The Morgan fingerprint density at radius 1 is 0.627 bits per heavy atom. The Kier molecular flexibility index (Phi) is 11.1. The van der Waals surface area contributed by atoms with Crippen LogP contribution in [0.15, 0.2) is 116 Å². The van der Waals surface area contributed by atoms with Crippen LogP contribution < -0.4 is 14.5 Å². The second-order valence-corrected chi connectivity index (χ2v) is 14.3. The second kappa shape index (κ2) is 15.1. The van der Waals surface area contributed by atoms with Crippen LogP contribution in [0, 0.1) is 23.8 Å². The average molecular weight is 773 g/mol. The van der Waals surface area contributed by atoms with Gasteiger partial charge < -0.3 is 19.5 Å². The maximum atomic E-state index is 15.5. The number of pyridine rings is 2. The molecule has 0 bridgehead atoms. The predicted octanol–water partition coefficient (Wildman–Crippen LogP) is 11.6. The largest absolute Gasteiger partial charge is 2.00 e. The van der Waals surface area contributed by atoms with Crippen molar-refractivity contribution in [3.63, 3.8) is 0 Å². The third-order valence-electron chi connectivity index (χ3n) is 8.46. The Bertz CT molecular complexity index is 2070. The molecule has 6 rings (SSSR count). The maximum absolute atomic E-state index is 15.5. The predicted molar refractivity (Wildman–Crippen MR) is 198 cm³/mol. The molecule has 0 saturated carbocycles. The van der Waals surface area contributed by atoms with E-state index in [0.29, 0.717) is 17.2 Å². The van der Waals surface area contributed by atoms with E-state index in [9.17, 15) is 0 Å². The van der Waals surface area contributed by atoms with Crippen LogP contribution in [0.5, 0.6) is 11.5 Å². The van der Waals surface area contributed by atoms with Crippen LogP contribution in [-0.2, 0) is 31.3 Å². The molecular weight excluding hydrogens is 733 g/mol. The maximum Gasteiger partial charge on any atom is 2.00 e. The van der Waals surface area contributed by atoms with Gasteiger partial charge in [0.25, 0.3) is 0 Å². The molecule has 0 fully saturated rings. The first-order valence-corrected chi connectivity index (χ1v) is 16.5. The number of hydrogen-bond donors (Lipinski definition) is 0. The number of hydrogen-bond acceptors (Lipinski definition) is 5. The number of ether oxygens (including phenoxy) is 1. The molecule has 5 nitrogen and oxygen atoms in total. The molecule has 8 heteroatoms. The Hall–Kier alpha value is -4.90. The fourth-order valence-electron chi connectivity index (χ4n) is 5.56. The third kappa shape index (κ3) is 8.53. The zero-order chi connectivity index (χ0) is 35.6. The van der Waals surface area contributed by atoms with Crippen molar-refractivity contribution < 1.29 is 33.9 Å². The Morgan fingerprint density at radius 2 is 1.20 bits per heavy atom. The Morgan fingerprint density at radius 3 is 1.78 bits per heavy atom. The summed E-state index contributed by atoms with van der Waals surface area (Å²) < 4.78 is 37.1. The van der Waals surface area contributed by atoms with Gasteiger partial charge in [0.2, 0.25) is 0 Å². The van der Waals surface area contributed by atoms with Crippen LogP contribution in [0.1, 0.15) is 52.7 Å². The first-order valence-electron chi connectivity index (χ1n) is 16.5. The summed E-state index contributed by atoms with van der Waals surface area (Å²) in [5.41, 5.74) is 5.30. The first-order chi connectivity index (χ1) is 23.8. The zero-order valence-corrected chi connectivity index (χ0v) is 31.3. The molecule has 0 aliphatic rings. The van der Waals surface area contributed by atoms with Crippen molar-refractivity contribution in [1.29, 1.82) is 0 Å². The molecule has 0 N–H and O–H groups in total. The smallest absolute Gasteiger partial charge is 0.500 e. The summed E-state index contributed by atoms with van der Waals surface area (Å²) in [5, 5.41) is 0. The molecule has 262 valence electrons. The molecule has 4 aromatic carbocycles. The van der Waals surface area contributed by atoms with Crippen LogP contribution in [0.2, 0.25) is 0 Å². The molecule has 0 radical (unpaired) electrons. The summed E-state index contributed by atoms with van der Waals surface area (Å²) in [6.45, 7) is 12.6. The van der Waals surface area contributed by atoms with E-state index in [2.05, 4.69) is 68.5 Å². The van der Waals surface area contributed by atoms with Crippen molar-refractivity contribution in [3.05, 3.63) is 150 Å². The summed E-state index contributed by atoms with van der Waals surface area (Å²) >= 11 is 0. The Labute approximate surface area is 313 Å². The first kappa shape index (κ1) is 37.4. The van der Waals surface area contributed by atoms with E-state index >= 15 is 8.78 Å². The quantitative estimate of drug-likeness (QED) is 0.114. The summed E-state index contributed by atoms with van der Waals surface area (Å²) in [6.07, 6.45) is 3.41. The normalized spacial score (nSPS) is 11.5. The van der Waals surface area contributed by atoms with Crippen molar-refractivity contribution in [2.24, 2.45) is 0 Å². The minimum Gasteiger partial charge on any atom is -0.500 e. The van der Waals surface area contributed by atoms with E-state index in [1.165, 1.54) is 0 Å². The number of aromatic nitrogens is 2. The minimum atomic E-state index is -0.894. The second-order valence-electron chi connectivity index (χ2n) is 14.3. The van der Waals surface area contributed by atoms with Crippen LogP contribution in [-0.4, -0.2) is 17.0 Å². The Balaban J connectivity index is 0.00000504. The van der Waals surface area contributed by atoms with Crippen molar-refractivity contribution >= 4 is 28.6 Å². The molecule has 2 aromatic heterocycles. The fourth-order valence-corrected chi connectivity index (χ4v) is 5.56. The van der Waals surface area contributed by atoms with E-state index in [1.54, 1.807) is 24.5 Å². The van der Waals surface area contributed by atoms with E-state index in [0.717, 1.165) is 34.3 Å². The molecule has 6 aromatic rings. The zero-order valence-electron chi connectivity index (χ0n) is 29.7. The van der Waals surface area contributed by atoms with Gasteiger partial charge in [-0.05, 0) is 70.1 Å². The average Bonchev–Trinajstić information content (AvgIpc) is 3.09. The molecule has 0 atom stereocenters. The number of benzene rings is 4. The molecule has 0 unspecified atom stereocenters. The van der Waals surface area contributed by atoms with Gasteiger partial charge in [0, 0.05) is 42.4 Å². The van der Waals surface area contributed by atoms with Gasteiger partial charge in [-0.3, -0.25) is 8.78 Å². The van der Waals surface area contributed by atoms with Gasteiger partial charge in [0.1, 0.15) is 5.82 Å². The number of halogens is 2. The van der Waals surface area contributed by atoms with E-state index < -0.39 is 11.6 Å². The molecule has 0 saturated heterocycles. The van der Waals surface area contributed by atoms with Crippen molar-refractivity contribution in [2.75, 3.05) is 16.8 Å². The minimum absolute atomic E-state index is 0. The standard InChI is InChI=1S/C43H40F2N4O.Pd/c1-42(2,3)29-18-20-46-39(22-29)36-27-40(38(45)28-37(36)44)50-35-25-33(48(7)41-23-30(19-21-47-41)43(4,5)6)24-34(26-35)49(31-14-10-8-11-15-31)32-16-12-9-13-17-32;/h8-24,26,28H,1-7H3;/q-2;+2. The van der Waals surface area contributed by atoms with Crippen molar-refractivity contribution in [3.8, 4) is 22.8 Å². The van der Waals surface area contributed by atoms with E-state index in [4.69, 9.17) is 4.74 Å². The number of anilines is 5.